The van der Waals surface area contributed by atoms with Gasteiger partial charge in [0.25, 0.3) is 0 Å². The van der Waals surface area contributed by atoms with Crippen molar-refractivity contribution in [1.82, 2.24) is 9.21 Å². The minimum absolute atomic E-state index is 0.0915. The molecule has 0 aromatic heterocycles. The molecule has 0 aromatic carbocycles. The van der Waals surface area contributed by atoms with E-state index in [0.717, 1.165) is 19.3 Å². The fraction of sp³-hybridized carbons (Fsp3) is 0.923. The van der Waals surface area contributed by atoms with E-state index in [0.29, 0.717) is 19.0 Å². The Bertz CT molecular complexity index is 477. The number of nitrogens with zero attached hydrogens (tertiary/aromatic N) is 2. The van der Waals surface area contributed by atoms with E-state index in [4.69, 9.17) is 5.73 Å². The van der Waals surface area contributed by atoms with Gasteiger partial charge in [0.15, 0.2) is 5.25 Å². The van der Waals surface area contributed by atoms with Crippen LogP contribution in [0.4, 0.5) is 0 Å². The zero-order valence-electron chi connectivity index (χ0n) is 12.4. The lowest BCUT2D eigenvalue weighted by molar-refractivity contribution is -0.128. The van der Waals surface area contributed by atoms with E-state index >= 15 is 0 Å². The summed E-state index contributed by atoms with van der Waals surface area (Å²) in [6, 6.07) is 0.0915. The SMILES string of the molecule is CC(C(=O)N(C)C)S(=O)(=O)N1CC2CCCC(N)C2C1. The molecule has 7 heteroatoms. The summed E-state index contributed by atoms with van der Waals surface area (Å²) in [6.07, 6.45) is 3.09. The lowest BCUT2D eigenvalue weighted by atomic mass is 9.78. The first-order chi connectivity index (χ1) is 9.25. The topological polar surface area (TPSA) is 83.7 Å². The van der Waals surface area contributed by atoms with Crippen molar-refractivity contribution in [3.05, 3.63) is 0 Å². The van der Waals surface area contributed by atoms with Crippen LogP contribution in [-0.2, 0) is 14.8 Å². The molecule has 0 spiro atoms. The van der Waals surface area contributed by atoms with Gasteiger partial charge >= 0.3 is 0 Å². The number of sulfonamides is 1. The number of nitrogens with two attached hydrogens (primary N) is 1. The molecule has 0 aromatic rings. The van der Waals surface area contributed by atoms with E-state index in [2.05, 4.69) is 0 Å². The van der Waals surface area contributed by atoms with Gasteiger partial charge in [0, 0.05) is 33.2 Å². The number of fused-ring (bicyclic) bond motifs is 1. The van der Waals surface area contributed by atoms with Crippen LogP contribution in [0, 0.1) is 11.8 Å². The van der Waals surface area contributed by atoms with Crippen molar-refractivity contribution in [2.24, 2.45) is 17.6 Å². The summed E-state index contributed by atoms with van der Waals surface area (Å²) < 4.78 is 26.6. The summed E-state index contributed by atoms with van der Waals surface area (Å²) >= 11 is 0. The van der Waals surface area contributed by atoms with E-state index in [1.165, 1.54) is 16.1 Å². The first-order valence-corrected chi connectivity index (χ1v) is 8.71. The Labute approximate surface area is 121 Å². The molecule has 1 heterocycles. The van der Waals surface area contributed by atoms with Gasteiger partial charge < -0.3 is 10.6 Å². The minimum Gasteiger partial charge on any atom is -0.348 e. The average Bonchev–Trinajstić information content (AvgIpc) is 2.83. The summed E-state index contributed by atoms with van der Waals surface area (Å²) in [5.74, 6) is 0.236. The monoisotopic (exact) mass is 303 g/mol. The number of carbonyl (C=O) groups excluding carboxylic acids is 1. The van der Waals surface area contributed by atoms with Crippen LogP contribution in [0.15, 0.2) is 0 Å². The van der Waals surface area contributed by atoms with E-state index in [1.54, 1.807) is 14.1 Å². The van der Waals surface area contributed by atoms with E-state index < -0.39 is 15.3 Å². The third-order valence-corrected chi connectivity index (χ3v) is 6.83. The molecule has 20 heavy (non-hydrogen) atoms. The summed E-state index contributed by atoms with van der Waals surface area (Å²) in [5.41, 5.74) is 6.11. The Morgan fingerprint density at radius 3 is 2.50 bits per heavy atom. The van der Waals surface area contributed by atoms with Gasteiger partial charge in [-0.2, -0.15) is 0 Å². The van der Waals surface area contributed by atoms with Gasteiger partial charge in [0.1, 0.15) is 0 Å². The second-order valence-electron chi connectivity index (χ2n) is 6.26. The second-order valence-corrected chi connectivity index (χ2v) is 8.51. The molecule has 4 atom stereocenters. The summed E-state index contributed by atoms with van der Waals surface area (Å²) in [6.45, 7) is 2.46. The van der Waals surface area contributed by atoms with Crippen LogP contribution in [-0.4, -0.2) is 62.0 Å². The van der Waals surface area contributed by atoms with Crippen LogP contribution in [0.5, 0.6) is 0 Å². The molecule has 0 radical (unpaired) electrons. The maximum Gasteiger partial charge on any atom is 0.241 e. The molecule has 1 aliphatic heterocycles. The molecule has 0 bridgehead atoms. The Kier molecular flexibility index (Phi) is 4.41. The van der Waals surface area contributed by atoms with Gasteiger partial charge in [-0.25, -0.2) is 12.7 Å². The fourth-order valence-electron chi connectivity index (χ4n) is 3.40. The molecular weight excluding hydrogens is 278 g/mol. The third kappa shape index (κ3) is 2.71. The predicted octanol–water partition coefficient (Wildman–Crippen LogP) is -0.148. The van der Waals surface area contributed by atoms with Crippen molar-refractivity contribution in [1.29, 1.82) is 0 Å². The van der Waals surface area contributed by atoms with Crippen molar-refractivity contribution in [3.8, 4) is 0 Å². The van der Waals surface area contributed by atoms with Gasteiger partial charge in [0.2, 0.25) is 15.9 Å². The van der Waals surface area contributed by atoms with Crippen molar-refractivity contribution in [3.63, 3.8) is 0 Å². The van der Waals surface area contributed by atoms with Crippen molar-refractivity contribution in [2.75, 3.05) is 27.2 Å². The molecule has 1 aliphatic carbocycles. The maximum absolute atomic E-state index is 12.6. The van der Waals surface area contributed by atoms with Crippen LogP contribution < -0.4 is 5.73 Å². The van der Waals surface area contributed by atoms with Crippen molar-refractivity contribution < 1.29 is 13.2 Å². The highest BCUT2D eigenvalue weighted by Crippen LogP contribution is 2.37. The number of carbonyl (C=O) groups is 1. The quantitative estimate of drug-likeness (QED) is 0.786. The standard InChI is InChI=1S/C13H25N3O3S/c1-9(13(17)15(2)3)20(18,19)16-7-10-5-4-6-12(14)11(10)8-16/h9-12H,4-8,14H2,1-3H3. The average molecular weight is 303 g/mol. The summed E-state index contributed by atoms with van der Waals surface area (Å²) in [5, 5.41) is -1.02. The molecule has 1 saturated carbocycles. The molecule has 116 valence electrons. The Balaban J connectivity index is 2.14. The Morgan fingerprint density at radius 1 is 1.30 bits per heavy atom. The van der Waals surface area contributed by atoms with Crippen LogP contribution in [0.2, 0.25) is 0 Å². The first kappa shape index (κ1) is 15.7. The smallest absolute Gasteiger partial charge is 0.241 e. The molecule has 4 unspecified atom stereocenters. The zero-order chi connectivity index (χ0) is 15.1. The highest BCUT2D eigenvalue weighted by atomic mass is 32.2. The second kappa shape index (κ2) is 5.61. The van der Waals surface area contributed by atoms with Gasteiger partial charge in [-0.15, -0.1) is 0 Å². The fourth-order valence-corrected chi connectivity index (χ4v) is 5.09. The Morgan fingerprint density at radius 2 is 1.95 bits per heavy atom. The lowest BCUT2D eigenvalue weighted by Gasteiger charge is -2.29. The maximum atomic E-state index is 12.6. The first-order valence-electron chi connectivity index (χ1n) is 7.21. The largest absolute Gasteiger partial charge is 0.348 e. The Hall–Kier alpha value is -0.660. The van der Waals surface area contributed by atoms with Gasteiger partial charge in [-0.05, 0) is 31.6 Å². The highest BCUT2D eigenvalue weighted by Gasteiger charge is 2.45. The number of rotatable bonds is 3. The van der Waals surface area contributed by atoms with Crippen LogP contribution in [0.25, 0.3) is 0 Å². The number of hydrogen-bond acceptors (Lipinski definition) is 4. The number of amides is 1. The number of hydrogen-bond donors (Lipinski definition) is 1. The molecular formula is C13H25N3O3S. The third-order valence-electron chi connectivity index (χ3n) is 4.72. The van der Waals surface area contributed by atoms with Gasteiger partial charge in [-0.1, -0.05) is 6.42 Å². The van der Waals surface area contributed by atoms with Crippen LogP contribution in [0.1, 0.15) is 26.2 Å². The van der Waals surface area contributed by atoms with Gasteiger partial charge in [-0.3, -0.25) is 4.79 Å². The summed E-state index contributed by atoms with van der Waals surface area (Å²) in [7, 11) is -0.423. The zero-order valence-corrected chi connectivity index (χ0v) is 13.3. The van der Waals surface area contributed by atoms with E-state index in [9.17, 15) is 13.2 Å². The van der Waals surface area contributed by atoms with Crippen LogP contribution in [0.3, 0.4) is 0 Å². The normalized spacial score (nSPS) is 32.7. The van der Waals surface area contributed by atoms with Crippen molar-refractivity contribution in [2.45, 2.75) is 37.5 Å². The summed E-state index contributed by atoms with van der Waals surface area (Å²) in [4.78, 5) is 13.3. The molecule has 1 saturated heterocycles. The molecule has 2 N–H and O–H groups in total. The van der Waals surface area contributed by atoms with E-state index in [1.807, 2.05) is 0 Å². The van der Waals surface area contributed by atoms with E-state index in [-0.39, 0.29) is 17.9 Å². The lowest BCUT2D eigenvalue weighted by Crippen LogP contribution is -2.45. The molecule has 2 fully saturated rings. The highest BCUT2D eigenvalue weighted by molar-refractivity contribution is 7.90. The van der Waals surface area contributed by atoms with Crippen molar-refractivity contribution >= 4 is 15.9 Å². The minimum atomic E-state index is -3.58. The predicted molar refractivity (Wildman–Crippen MR) is 77.5 cm³/mol. The van der Waals surface area contributed by atoms with Crippen LogP contribution >= 0.6 is 0 Å². The molecule has 2 aliphatic rings. The van der Waals surface area contributed by atoms with Gasteiger partial charge in [0.05, 0.1) is 0 Å². The molecule has 2 rings (SSSR count). The molecule has 1 amide bonds. The molecule has 6 nitrogen and oxygen atoms in total.